The highest BCUT2D eigenvalue weighted by Gasteiger charge is 2.10. The highest BCUT2D eigenvalue weighted by atomic mass is 15.3. The molecule has 74 valence electrons. The Kier molecular flexibility index (Phi) is 3.03. The number of aromatic nitrogens is 3. The molecule has 2 N–H and O–H groups in total. The van der Waals surface area contributed by atoms with E-state index in [1.165, 1.54) is 0 Å². The Morgan fingerprint density at radius 1 is 1.38 bits per heavy atom. The van der Waals surface area contributed by atoms with Gasteiger partial charge in [0.25, 0.3) is 0 Å². The van der Waals surface area contributed by atoms with Crippen LogP contribution in [0.25, 0.3) is 0 Å². The fraction of sp³-hybridized carbons (Fsp3) is 0.778. The molecule has 1 unspecified atom stereocenters. The van der Waals surface area contributed by atoms with Gasteiger partial charge >= 0.3 is 0 Å². The Bertz CT molecular complexity index is 275. The van der Waals surface area contributed by atoms with Crippen LogP contribution >= 0.6 is 0 Å². The van der Waals surface area contributed by atoms with Crippen molar-refractivity contribution in [2.75, 3.05) is 0 Å². The van der Waals surface area contributed by atoms with E-state index < -0.39 is 0 Å². The lowest BCUT2D eigenvalue weighted by molar-refractivity contribution is 0.645. The van der Waals surface area contributed by atoms with Gasteiger partial charge in [0, 0.05) is 25.4 Å². The summed E-state index contributed by atoms with van der Waals surface area (Å²) in [5.74, 6) is 2.29. The summed E-state index contributed by atoms with van der Waals surface area (Å²) < 4.78 is 1.84. The van der Waals surface area contributed by atoms with Crippen LogP contribution in [0.5, 0.6) is 0 Å². The van der Waals surface area contributed by atoms with Crippen molar-refractivity contribution in [2.24, 2.45) is 12.8 Å². The van der Waals surface area contributed by atoms with Crippen molar-refractivity contribution in [3.8, 4) is 0 Å². The fourth-order valence-corrected chi connectivity index (χ4v) is 1.33. The maximum atomic E-state index is 5.67. The molecule has 0 bridgehead atoms. The summed E-state index contributed by atoms with van der Waals surface area (Å²) in [4.78, 5) is 4.42. The van der Waals surface area contributed by atoms with Crippen molar-refractivity contribution in [1.29, 1.82) is 0 Å². The van der Waals surface area contributed by atoms with Crippen molar-refractivity contribution < 1.29 is 0 Å². The summed E-state index contributed by atoms with van der Waals surface area (Å²) in [5.41, 5.74) is 5.67. The van der Waals surface area contributed by atoms with Crippen LogP contribution in [0.4, 0.5) is 0 Å². The lowest BCUT2D eigenvalue weighted by Crippen LogP contribution is -2.18. The lowest BCUT2D eigenvalue weighted by Gasteiger charge is -2.00. The third-order valence-electron chi connectivity index (χ3n) is 1.86. The first-order valence-corrected chi connectivity index (χ1v) is 4.66. The monoisotopic (exact) mass is 182 g/mol. The van der Waals surface area contributed by atoms with E-state index in [4.69, 9.17) is 5.73 Å². The van der Waals surface area contributed by atoms with Gasteiger partial charge < -0.3 is 5.73 Å². The van der Waals surface area contributed by atoms with Gasteiger partial charge in [-0.05, 0) is 6.92 Å². The van der Waals surface area contributed by atoms with Crippen LogP contribution in [-0.4, -0.2) is 20.8 Å². The average molecular weight is 182 g/mol. The zero-order chi connectivity index (χ0) is 10.0. The largest absolute Gasteiger partial charge is 0.328 e. The Morgan fingerprint density at radius 2 is 2.00 bits per heavy atom. The van der Waals surface area contributed by atoms with Crippen molar-refractivity contribution in [1.82, 2.24) is 14.8 Å². The molecule has 1 aromatic rings. The molecular weight excluding hydrogens is 164 g/mol. The minimum atomic E-state index is 0.127. The second kappa shape index (κ2) is 3.87. The second-order valence-electron chi connectivity index (χ2n) is 3.85. The zero-order valence-corrected chi connectivity index (χ0v) is 8.78. The molecule has 0 aliphatic carbocycles. The Labute approximate surface area is 79.2 Å². The van der Waals surface area contributed by atoms with Gasteiger partial charge in [-0.25, -0.2) is 4.98 Å². The van der Waals surface area contributed by atoms with Gasteiger partial charge in [-0.1, -0.05) is 13.8 Å². The predicted octanol–water partition coefficient (Wildman–Crippen LogP) is 0.828. The standard InChI is InChI=1S/C9H18N4/c1-6(2)9-11-8(5-7(3)10)12-13(9)4/h6-7H,5,10H2,1-4H3. The van der Waals surface area contributed by atoms with Crippen LogP contribution in [0.1, 0.15) is 38.3 Å². The molecule has 0 saturated carbocycles. The molecule has 0 aliphatic rings. The lowest BCUT2D eigenvalue weighted by atomic mass is 10.2. The smallest absolute Gasteiger partial charge is 0.152 e. The maximum absolute atomic E-state index is 5.67. The third kappa shape index (κ3) is 2.52. The minimum Gasteiger partial charge on any atom is -0.328 e. The first-order valence-electron chi connectivity index (χ1n) is 4.66. The average Bonchev–Trinajstić information content (AvgIpc) is 2.29. The number of aryl methyl sites for hydroxylation is 1. The molecule has 0 saturated heterocycles. The molecule has 4 heteroatoms. The number of nitrogens with zero attached hydrogens (tertiary/aromatic N) is 3. The number of hydrogen-bond acceptors (Lipinski definition) is 3. The molecule has 0 spiro atoms. The van der Waals surface area contributed by atoms with Gasteiger partial charge in [-0.15, -0.1) is 0 Å². The van der Waals surface area contributed by atoms with E-state index in [0.717, 1.165) is 18.1 Å². The molecule has 1 aromatic heterocycles. The number of rotatable bonds is 3. The summed E-state index contributed by atoms with van der Waals surface area (Å²) in [6, 6.07) is 0.127. The first-order chi connectivity index (χ1) is 6.00. The highest BCUT2D eigenvalue weighted by molar-refractivity contribution is 4.98. The molecule has 0 radical (unpaired) electrons. The van der Waals surface area contributed by atoms with Gasteiger partial charge in [0.15, 0.2) is 5.82 Å². The Hall–Kier alpha value is -0.900. The Morgan fingerprint density at radius 3 is 2.38 bits per heavy atom. The SMILES string of the molecule is CC(N)Cc1nc(C(C)C)n(C)n1. The van der Waals surface area contributed by atoms with Crippen LogP contribution in [-0.2, 0) is 13.5 Å². The van der Waals surface area contributed by atoms with E-state index in [9.17, 15) is 0 Å². The van der Waals surface area contributed by atoms with Crippen molar-refractivity contribution in [3.05, 3.63) is 11.6 Å². The molecular formula is C9H18N4. The molecule has 0 fully saturated rings. The van der Waals surface area contributed by atoms with Gasteiger partial charge in [0.1, 0.15) is 5.82 Å². The molecule has 1 rings (SSSR count). The van der Waals surface area contributed by atoms with Crippen LogP contribution in [0.3, 0.4) is 0 Å². The van der Waals surface area contributed by atoms with Gasteiger partial charge in [0.05, 0.1) is 0 Å². The first kappa shape index (κ1) is 10.2. The summed E-state index contributed by atoms with van der Waals surface area (Å²) in [6.45, 7) is 6.19. The van der Waals surface area contributed by atoms with Crippen LogP contribution in [0, 0.1) is 0 Å². The van der Waals surface area contributed by atoms with Crippen LogP contribution in [0.15, 0.2) is 0 Å². The molecule has 0 amide bonds. The summed E-state index contributed by atoms with van der Waals surface area (Å²) in [5, 5.41) is 4.30. The van der Waals surface area contributed by atoms with Crippen molar-refractivity contribution in [2.45, 2.75) is 39.2 Å². The van der Waals surface area contributed by atoms with Crippen LogP contribution in [0.2, 0.25) is 0 Å². The highest BCUT2D eigenvalue weighted by Crippen LogP contribution is 2.10. The quantitative estimate of drug-likeness (QED) is 0.753. The molecule has 0 aliphatic heterocycles. The van der Waals surface area contributed by atoms with Gasteiger partial charge in [-0.2, -0.15) is 5.10 Å². The predicted molar refractivity (Wildman–Crippen MR) is 52.4 cm³/mol. The normalized spacial score (nSPS) is 13.7. The number of nitrogens with two attached hydrogens (primary N) is 1. The topological polar surface area (TPSA) is 56.7 Å². The van der Waals surface area contributed by atoms with E-state index in [2.05, 4.69) is 23.9 Å². The minimum absolute atomic E-state index is 0.127. The Balaban J connectivity index is 2.82. The maximum Gasteiger partial charge on any atom is 0.152 e. The molecule has 13 heavy (non-hydrogen) atoms. The van der Waals surface area contributed by atoms with Crippen LogP contribution < -0.4 is 5.73 Å². The molecule has 0 aromatic carbocycles. The van der Waals surface area contributed by atoms with Crippen molar-refractivity contribution >= 4 is 0 Å². The van der Waals surface area contributed by atoms with E-state index in [0.29, 0.717) is 5.92 Å². The van der Waals surface area contributed by atoms with E-state index in [-0.39, 0.29) is 6.04 Å². The fourth-order valence-electron chi connectivity index (χ4n) is 1.33. The summed E-state index contributed by atoms with van der Waals surface area (Å²) in [6.07, 6.45) is 0.751. The zero-order valence-electron chi connectivity index (χ0n) is 8.78. The van der Waals surface area contributed by atoms with E-state index >= 15 is 0 Å². The van der Waals surface area contributed by atoms with E-state index in [1.807, 2.05) is 18.7 Å². The van der Waals surface area contributed by atoms with Gasteiger partial charge in [0.2, 0.25) is 0 Å². The number of hydrogen-bond donors (Lipinski definition) is 1. The molecule has 1 heterocycles. The van der Waals surface area contributed by atoms with Crippen molar-refractivity contribution in [3.63, 3.8) is 0 Å². The van der Waals surface area contributed by atoms with E-state index in [1.54, 1.807) is 0 Å². The summed E-state index contributed by atoms with van der Waals surface area (Å²) >= 11 is 0. The molecule has 4 nitrogen and oxygen atoms in total. The third-order valence-corrected chi connectivity index (χ3v) is 1.86. The summed E-state index contributed by atoms with van der Waals surface area (Å²) in [7, 11) is 1.92. The van der Waals surface area contributed by atoms with Gasteiger partial charge in [-0.3, -0.25) is 4.68 Å². The second-order valence-corrected chi connectivity index (χ2v) is 3.85. The molecule has 1 atom stereocenters.